The molecule has 0 spiro atoms. The van der Waals surface area contributed by atoms with Crippen LogP contribution in [0.4, 0.5) is 17.6 Å². The van der Waals surface area contributed by atoms with Crippen LogP contribution < -0.4 is 17.2 Å². The number of guanidine groups is 2. The topological polar surface area (TPSA) is 133 Å². The number of fused-ring (bicyclic) bond motifs is 1. The minimum Gasteiger partial charge on any atom is -0.370 e. The molecule has 0 aromatic carbocycles. The van der Waals surface area contributed by atoms with Gasteiger partial charge in [0.2, 0.25) is 18.2 Å². The Morgan fingerprint density at radius 1 is 1.28 bits per heavy atom. The third-order valence-corrected chi connectivity index (χ3v) is 2.86. The second-order valence-corrected chi connectivity index (χ2v) is 4.75. The summed E-state index contributed by atoms with van der Waals surface area (Å²) in [5.74, 6) is -0.522. The summed E-state index contributed by atoms with van der Waals surface area (Å²) in [7, 11) is 0. The Morgan fingerprint density at radius 2 is 1.92 bits per heavy atom. The minimum atomic E-state index is -4.64. The quantitative estimate of drug-likeness (QED) is 0.242. The highest BCUT2D eigenvalue weighted by molar-refractivity contribution is 5.92. The van der Waals surface area contributed by atoms with Crippen molar-refractivity contribution >= 4 is 23.8 Å². The van der Waals surface area contributed by atoms with Gasteiger partial charge in [-0.05, 0) is 29.7 Å². The highest BCUT2D eigenvalue weighted by atomic mass is 19.4. The first kappa shape index (κ1) is 20.1. The third kappa shape index (κ3) is 7.42. The molecule has 1 aromatic rings. The molecule has 0 atom stereocenters. The van der Waals surface area contributed by atoms with Gasteiger partial charge in [-0.25, -0.2) is 4.98 Å². The van der Waals surface area contributed by atoms with Crippen LogP contribution in [0, 0.1) is 5.95 Å². The summed E-state index contributed by atoms with van der Waals surface area (Å²) in [6.07, 6.45) is -2.35. The van der Waals surface area contributed by atoms with E-state index >= 15 is 0 Å². The van der Waals surface area contributed by atoms with Crippen LogP contribution >= 0.6 is 0 Å². The fourth-order valence-electron chi connectivity index (χ4n) is 1.95. The number of carbonyl (C=O) groups excluding carboxylic acids is 1. The van der Waals surface area contributed by atoms with Gasteiger partial charge in [-0.2, -0.15) is 22.6 Å². The number of aromatic nitrogens is 1. The first-order valence-corrected chi connectivity index (χ1v) is 6.90. The van der Waals surface area contributed by atoms with Crippen molar-refractivity contribution in [3.8, 4) is 0 Å². The maximum absolute atomic E-state index is 13.0. The SMILES string of the molecule is NC(N)=NC(N)=NCCC1=CCc2nc(F)ccc21.O=CC(F)(F)F. The van der Waals surface area contributed by atoms with Gasteiger partial charge >= 0.3 is 6.18 Å². The van der Waals surface area contributed by atoms with Crippen molar-refractivity contribution in [3.63, 3.8) is 0 Å². The molecule has 11 heteroatoms. The summed E-state index contributed by atoms with van der Waals surface area (Å²) in [5, 5.41) is 0. The molecule has 0 fully saturated rings. The first-order chi connectivity index (χ1) is 11.6. The molecule has 2 rings (SSSR count). The van der Waals surface area contributed by atoms with E-state index in [1.807, 2.05) is 6.08 Å². The Hall–Kier alpha value is -2.98. The van der Waals surface area contributed by atoms with E-state index in [9.17, 15) is 17.6 Å². The number of hydrogen-bond acceptors (Lipinski definition) is 3. The summed E-state index contributed by atoms with van der Waals surface area (Å²) in [4.78, 5) is 20.2. The van der Waals surface area contributed by atoms with Gasteiger partial charge in [-0.3, -0.25) is 9.79 Å². The second kappa shape index (κ2) is 8.76. The number of rotatable bonds is 3. The molecule has 0 bridgehead atoms. The van der Waals surface area contributed by atoms with Gasteiger partial charge in [0.05, 0.1) is 5.69 Å². The average Bonchev–Trinajstić information content (AvgIpc) is 2.88. The van der Waals surface area contributed by atoms with Crippen LogP contribution in [0.25, 0.3) is 5.57 Å². The summed E-state index contributed by atoms with van der Waals surface area (Å²) in [5.41, 5.74) is 18.7. The van der Waals surface area contributed by atoms with E-state index in [1.165, 1.54) is 6.07 Å². The fourth-order valence-corrected chi connectivity index (χ4v) is 1.95. The van der Waals surface area contributed by atoms with Crippen molar-refractivity contribution in [1.29, 1.82) is 0 Å². The molecule has 1 heterocycles. The van der Waals surface area contributed by atoms with Gasteiger partial charge in [0.1, 0.15) is 0 Å². The molecule has 1 aliphatic carbocycles. The molecule has 1 aliphatic rings. The fraction of sp³-hybridized carbons (Fsp3) is 0.286. The maximum Gasteiger partial charge on any atom is 0.446 e. The zero-order valence-corrected chi connectivity index (χ0v) is 12.9. The Bertz CT molecular complexity index is 708. The van der Waals surface area contributed by atoms with Crippen molar-refractivity contribution in [2.45, 2.75) is 19.0 Å². The zero-order valence-electron chi connectivity index (χ0n) is 12.9. The van der Waals surface area contributed by atoms with Gasteiger partial charge in [-0.15, -0.1) is 0 Å². The van der Waals surface area contributed by atoms with Gasteiger partial charge < -0.3 is 17.2 Å². The van der Waals surface area contributed by atoms with Crippen molar-refractivity contribution < 1.29 is 22.4 Å². The number of aliphatic imine (C=N–C) groups is 2. The number of pyridine rings is 1. The van der Waals surface area contributed by atoms with Gasteiger partial charge in [0.25, 0.3) is 0 Å². The summed E-state index contributed by atoms with van der Waals surface area (Å²) in [6.45, 7) is 0.464. The summed E-state index contributed by atoms with van der Waals surface area (Å²) >= 11 is 0. The Kier molecular flexibility index (Phi) is 7.03. The summed E-state index contributed by atoms with van der Waals surface area (Å²) in [6, 6.07) is 3.09. The van der Waals surface area contributed by atoms with Crippen molar-refractivity contribution in [3.05, 3.63) is 35.4 Å². The first-order valence-electron chi connectivity index (χ1n) is 6.90. The predicted octanol–water partition coefficient (Wildman–Crippen LogP) is 0.886. The van der Waals surface area contributed by atoms with Gasteiger partial charge in [0.15, 0.2) is 5.96 Å². The van der Waals surface area contributed by atoms with Crippen molar-refractivity contribution in [2.24, 2.45) is 27.2 Å². The van der Waals surface area contributed by atoms with E-state index in [0.717, 1.165) is 16.8 Å². The Labute approximate surface area is 140 Å². The number of nitrogens with zero attached hydrogens (tertiary/aromatic N) is 3. The molecule has 6 N–H and O–H groups in total. The zero-order chi connectivity index (χ0) is 19.0. The maximum atomic E-state index is 13.0. The number of halogens is 4. The van der Waals surface area contributed by atoms with Crippen LogP contribution in [-0.4, -0.2) is 35.9 Å². The molecule has 1 aromatic heterocycles. The van der Waals surface area contributed by atoms with Crippen LogP contribution in [0.3, 0.4) is 0 Å². The van der Waals surface area contributed by atoms with E-state index in [-0.39, 0.29) is 11.9 Å². The number of allylic oxidation sites excluding steroid dienone is 1. The summed E-state index contributed by atoms with van der Waals surface area (Å²) < 4.78 is 44.2. The predicted molar refractivity (Wildman–Crippen MR) is 84.9 cm³/mol. The molecule has 0 saturated heterocycles. The van der Waals surface area contributed by atoms with Crippen LogP contribution in [-0.2, 0) is 11.2 Å². The van der Waals surface area contributed by atoms with E-state index in [4.69, 9.17) is 22.0 Å². The molecule has 7 nitrogen and oxygen atoms in total. The molecule has 0 unspecified atom stereocenters. The molecular weight excluding hydrogens is 344 g/mol. The molecule has 25 heavy (non-hydrogen) atoms. The number of carbonyl (C=O) groups is 1. The number of nitrogens with two attached hydrogens (primary N) is 3. The number of alkyl halides is 3. The van der Waals surface area contributed by atoms with Gasteiger partial charge in [0, 0.05) is 13.0 Å². The highest BCUT2D eigenvalue weighted by Gasteiger charge is 2.24. The van der Waals surface area contributed by atoms with E-state index in [1.54, 1.807) is 6.07 Å². The van der Waals surface area contributed by atoms with Gasteiger partial charge in [-0.1, -0.05) is 6.08 Å². The van der Waals surface area contributed by atoms with E-state index in [2.05, 4.69) is 15.0 Å². The van der Waals surface area contributed by atoms with Crippen LogP contribution in [0.1, 0.15) is 17.7 Å². The lowest BCUT2D eigenvalue weighted by Gasteiger charge is -2.03. The van der Waals surface area contributed by atoms with E-state index < -0.39 is 18.4 Å². The highest BCUT2D eigenvalue weighted by Crippen LogP contribution is 2.28. The monoisotopic (exact) mass is 360 g/mol. The Balaban J connectivity index is 0.000000450. The van der Waals surface area contributed by atoms with Crippen molar-refractivity contribution in [2.75, 3.05) is 6.54 Å². The number of aldehydes is 1. The normalized spacial score (nSPS) is 13.3. The largest absolute Gasteiger partial charge is 0.446 e. The third-order valence-electron chi connectivity index (χ3n) is 2.86. The second-order valence-electron chi connectivity index (χ2n) is 4.75. The van der Waals surface area contributed by atoms with Crippen molar-refractivity contribution in [1.82, 2.24) is 4.98 Å². The smallest absolute Gasteiger partial charge is 0.370 e. The van der Waals surface area contributed by atoms with Crippen LogP contribution in [0.5, 0.6) is 0 Å². The standard InChI is InChI=1S/C12H15FN6.C2HF3O/c13-10-4-2-8-7(1-3-9(8)18-10)5-6-17-12(16)19-11(14)15;3-2(4,5)1-6/h1-2,4H,3,5-6H2,(H6,14,15,16,17,19);1H. The Morgan fingerprint density at radius 3 is 2.48 bits per heavy atom. The van der Waals surface area contributed by atoms with E-state index in [0.29, 0.717) is 19.4 Å². The van der Waals surface area contributed by atoms with Crippen LogP contribution in [0.2, 0.25) is 0 Å². The minimum absolute atomic E-state index is 0.0519. The molecular formula is C14H16F4N6O. The number of hydrogen-bond donors (Lipinski definition) is 3. The average molecular weight is 360 g/mol. The lowest BCUT2D eigenvalue weighted by Crippen LogP contribution is -2.26. The molecule has 0 aliphatic heterocycles. The van der Waals surface area contributed by atoms with Crippen LogP contribution in [0.15, 0.2) is 28.2 Å². The molecule has 0 radical (unpaired) electrons. The molecule has 136 valence electrons. The lowest BCUT2D eigenvalue weighted by molar-refractivity contribution is -0.156. The molecule has 0 saturated carbocycles. The molecule has 0 amide bonds. The lowest BCUT2D eigenvalue weighted by atomic mass is 10.1.